The van der Waals surface area contributed by atoms with Crippen LogP contribution >= 0.6 is 0 Å². The summed E-state index contributed by atoms with van der Waals surface area (Å²) in [5.74, 6) is 0.0631. The monoisotopic (exact) mass is 485 g/mol. The molecule has 2 aliphatic rings. The summed E-state index contributed by atoms with van der Waals surface area (Å²) >= 11 is 0. The number of fused-ring (bicyclic) bond motifs is 1. The van der Waals surface area contributed by atoms with Gasteiger partial charge in [0.05, 0.1) is 16.1 Å². The molecule has 1 fully saturated rings. The Morgan fingerprint density at radius 1 is 0.972 bits per heavy atom. The molecule has 36 heavy (non-hydrogen) atoms. The number of amides is 2. The lowest BCUT2D eigenvalue weighted by Crippen LogP contribution is -2.43. The van der Waals surface area contributed by atoms with E-state index in [9.17, 15) is 19.7 Å². The van der Waals surface area contributed by atoms with Crippen molar-refractivity contribution in [1.82, 2.24) is 4.90 Å². The summed E-state index contributed by atoms with van der Waals surface area (Å²) in [6.45, 7) is 3.66. The highest BCUT2D eigenvalue weighted by molar-refractivity contribution is 6.21. The summed E-state index contributed by atoms with van der Waals surface area (Å²) < 4.78 is 6.04. The maximum absolute atomic E-state index is 12.8. The van der Waals surface area contributed by atoms with Gasteiger partial charge in [0.25, 0.3) is 17.5 Å². The van der Waals surface area contributed by atoms with E-state index < -0.39 is 0 Å². The number of piperidine rings is 1. The van der Waals surface area contributed by atoms with Crippen molar-refractivity contribution >= 4 is 23.2 Å². The Balaban J connectivity index is 1.36. The summed E-state index contributed by atoms with van der Waals surface area (Å²) in [7, 11) is 0. The van der Waals surface area contributed by atoms with Gasteiger partial charge < -0.3 is 9.64 Å². The molecular formula is C28H27N3O5. The van der Waals surface area contributed by atoms with Crippen LogP contribution in [0.2, 0.25) is 0 Å². The largest absolute Gasteiger partial charge is 0.489 e. The van der Waals surface area contributed by atoms with E-state index in [4.69, 9.17) is 4.74 Å². The number of nitro groups is 1. The number of nitrogens with zero attached hydrogens (tertiary/aromatic N) is 3. The number of hydrogen-bond donors (Lipinski definition) is 0. The van der Waals surface area contributed by atoms with Gasteiger partial charge in [-0.3, -0.25) is 24.6 Å². The Labute approximate surface area is 209 Å². The molecule has 1 saturated heterocycles. The molecule has 0 bridgehead atoms. The van der Waals surface area contributed by atoms with Crippen LogP contribution in [0.25, 0.3) is 0 Å². The van der Waals surface area contributed by atoms with Crippen LogP contribution in [0, 0.1) is 23.0 Å². The highest BCUT2D eigenvalue weighted by Crippen LogP contribution is 2.40. The number of ether oxygens (including phenoxy) is 1. The predicted molar refractivity (Wildman–Crippen MR) is 135 cm³/mol. The van der Waals surface area contributed by atoms with Gasteiger partial charge in [0.2, 0.25) is 0 Å². The van der Waals surface area contributed by atoms with Gasteiger partial charge in [-0.2, -0.15) is 0 Å². The summed E-state index contributed by atoms with van der Waals surface area (Å²) in [6.07, 6.45) is 1.64. The minimum absolute atomic E-state index is 0.00820. The lowest BCUT2D eigenvalue weighted by Gasteiger charge is -2.36. The molecule has 8 heteroatoms. The molecular weight excluding hydrogens is 458 g/mol. The smallest absolute Gasteiger partial charge is 0.293 e. The average molecular weight is 486 g/mol. The fraction of sp³-hybridized carbons (Fsp3) is 0.286. The zero-order valence-corrected chi connectivity index (χ0v) is 20.1. The second-order valence-corrected chi connectivity index (χ2v) is 9.31. The first kappa shape index (κ1) is 23.5. The molecule has 2 aliphatic heterocycles. The first-order valence-corrected chi connectivity index (χ1v) is 12.1. The Morgan fingerprint density at radius 2 is 1.64 bits per heavy atom. The summed E-state index contributed by atoms with van der Waals surface area (Å²) in [4.78, 5) is 40.6. The number of carbonyl (C=O) groups is 2. The molecule has 0 N–H and O–H groups in total. The molecule has 0 spiro atoms. The highest BCUT2D eigenvalue weighted by atomic mass is 16.6. The van der Waals surface area contributed by atoms with Crippen molar-refractivity contribution in [2.24, 2.45) is 5.92 Å². The molecule has 0 saturated carbocycles. The standard InChI is InChI=1S/C28H27N3O5/c1-19-25(36-18-20-8-3-2-4-9-20)14-13-24(31(34)35)26(19)29-15-7-10-21(16-29)17-30-27(32)22-11-5-6-12-23(22)28(30)33/h2-6,8-9,11-14,21H,7,10,15-18H2,1H3/t21-/m1/s1. The Hall–Kier alpha value is -4.20. The summed E-state index contributed by atoms with van der Waals surface area (Å²) in [5.41, 5.74) is 3.16. The number of nitro benzene ring substituents is 1. The normalized spacial score (nSPS) is 17.3. The number of benzene rings is 3. The zero-order valence-electron chi connectivity index (χ0n) is 20.1. The third-order valence-electron chi connectivity index (χ3n) is 6.95. The van der Waals surface area contributed by atoms with Crippen molar-refractivity contribution in [1.29, 1.82) is 0 Å². The predicted octanol–water partition coefficient (Wildman–Crippen LogP) is 4.99. The molecule has 0 unspecified atom stereocenters. The van der Waals surface area contributed by atoms with Crippen LogP contribution < -0.4 is 9.64 Å². The van der Waals surface area contributed by atoms with Gasteiger partial charge in [0.1, 0.15) is 18.0 Å². The van der Waals surface area contributed by atoms with E-state index in [1.165, 1.54) is 11.0 Å². The minimum Gasteiger partial charge on any atom is -0.489 e. The molecule has 3 aromatic rings. The first-order chi connectivity index (χ1) is 17.4. The van der Waals surface area contributed by atoms with Crippen LogP contribution in [0.15, 0.2) is 66.7 Å². The second-order valence-electron chi connectivity index (χ2n) is 9.31. The van der Waals surface area contributed by atoms with Crippen LogP contribution in [0.5, 0.6) is 5.75 Å². The van der Waals surface area contributed by atoms with Crippen LogP contribution in [-0.2, 0) is 6.61 Å². The third-order valence-corrected chi connectivity index (χ3v) is 6.95. The quantitative estimate of drug-likeness (QED) is 0.266. The van der Waals surface area contributed by atoms with Crippen LogP contribution in [0.3, 0.4) is 0 Å². The summed E-state index contributed by atoms with van der Waals surface area (Å²) in [6, 6.07) is 19.8. The maximum atomic E-state index is 12.8. The molecule has 1 atom stereocenters. The van der Waals surface area contributed by atoms with Gasteiger partial charge in [-0.25, -0.2) is 0 Å². The highest BCUT2D eigenvalue weighted by Gasteiger charge is 2.38. The molecule has 3 aromatic carbocycles. The number of imide groups is 1. The maximum Gasteiger partial charge on any atom is 0.293 e. The Morgan fingerprint density at radius 3 is 2.31 bits per heavy atom. The van der Waals surface area contributed by atoms with E-state index in [1.807, 2.05) is 42.2 Å². The number of rotatable bonds is 7. The zero-order chi connectivity index (χ0) is 25.2. The molecule has 184 valence electrons. The van der Waals surface area contributed by atoms with E-state index in [1.54, 1.807) is 30.3 Å². The SMILES string of the molecule is Cc1c(OCc2ccccc2)ccc([N+](=O)[O-])c1N1CCC[C@@H](CN2C(=O)c3ccccc3C2=O)C1. The van der Waals surface area contributed by atoms with Crippen molar-refractivity contribution < 1.29 is 19.2 Å². The van der Waals surface area contributed by atoms with Gasteiger partial charge in [-0.1, -0.05) is 42.5 Å². The minimum atomic E-state index is -0.364. The van der Waals surface area contributed by atoms with E-state index in [2.05, 4.69) is 0 Å². The lowest BCUT2D eigenvalue weighted by molar-refractivity contribution is -0.384. The van der Waals surface area contributed by atoms with Gasteiger partial charge in [0, 0.05) is 31.3 Å². The lowest BCUT2D eigenvalue weighted by atomic mass is 9.95. The topological polar surface area (TPSA) is 93.0 Å². The van der Waals surface area contributed by atoms with Crippen molar-refractivity contribution in [3.8, 4) is 5.75 Å². The Kier molecular flexibility index (Phi) is 6.41. The van der Waals surface area contributed by atoms with E-state index in [-0.39, 0.29) is 28.3 Å². The average Bonchev–Trinajstić information content (AvgIpc) is 3.13. The third kappa shape index (κ3) is 4.42. The van der Waals surface area contributed by atoms with Gasteiger partial charge in [0.15, 0.2) is 0 Å². The Bertz CT molecular complexity index is 1290. The molecule has 5 rings (SSSR count). The van der Waals surface area contributed by atoms with Gasteiger partial charge in [-0.15, -0.1) is 0 Å². The first-order valence-electron chi connectivity index (χ1n) is 12.1. The molecule has 0 aliphatic carbocycles. The van der Waals surface area contributed by atoms with Crippen molar-refractivity contribution in [2.75, 3.05) is 24.5 Å². The van der Waals surface area contributed by atoms with E-state index in [0.717, 1.165) is 18.4 Å². The van der Waals surface area contributed by atoms with Crippen LogP contribution in [0.1, 0.15) is 44.7 Å². The van der Waals surface area contributed by atoms with Crippen molar-refractivity contribution in [3.05, 3.63) is 99.1 Å². The van der Waals surface area contributed by atoms with E-state index >= 15 is 0 Å². The number of hydrogen-bond acceptors (Lipinski definition) is 6. The number of carbonyl (C=O) groups excluding carboxylic acids is 2. The van der Waals surface area contributed by atoms with Crippen LogP contribution in [0.4, 0.5) is 11.4 Å². The molecule has 2 amide bonds. The molecule has 2 heterocycles. The molecule has 0 radical (unpaired) electrons. The molecule has 8 nitrogen and oxygen atoms in total. The second kappa shape index (κ2) is 9.81. The van der Waals surface area contributed by atoms with E-state index in [0.29, 0.717) is 54.4 Å². The van der Waals surface area contributed by atoms with Crippen molar-refractivity contribution in [2.45, 2.75) is 26.4 Å². The van der Waals surface area contributed by atoms with Gasteiger partial charge in [-0.05, 0) is 49.4 Å². The fourth-order valence-corrected chi connectivity index (χ4v) is 5.19. The fourth-order valence-electron chi connectivity index (χ4n) is 5.19. The number of anilines is 1. The van der Waals surface area contributed by atoms with Gasteiger partial charge >= 0.3 is 0 Å². The van der Waals surface area contributed by atoms with Crippen LogP contribution in [-0.4, -0.2) is 41.3 Å². The van der Waals surface area contributed by atoms with Crippen molar-refractivity contribution in [3.63, 3.8) is 0 Å². The summed E-state index contributed by atoms with van der Waals surface area (Å²) in [5, 5.41) is 11.9. The molecule has 0 aromatic heterocycles.